The van der Waals surface area contributed by atoms with Crippen molar-refractivity contribution in [2.75, 3.05) is 6.54 Å². The molecule has 0 saturated heterocycles. The number of halogens is 2. The fourth-order valence-electron chi connectivity index (χ4n) is 1.23. The quantitative estimate of drug-likeness (QED) is 0.822. The van der Waals surface area contributed by atoms with Crippen LogP contribution in [-0.4, -0.2) is 6.54 Å². The molecule has 1 aromatic rings. The normalized spacial score (nSPS) is 12.5. The van der Waals surface area contributed by atoms with E-state index in [0.29, 0.717) is 4.47 Å². The Labute approximate surface area is 98.5 Å². The van der Waals surface area contributed by atoms with E-state index < -0.39 is 0 Å². The Morgan fingerprint density at radius 1 is 1.60 bits per heavy atom. The van der Waals surface area contributed by atoms with Gasteiger partial charge in [0.2, 0.25) is 0 Å². The highest BCUT2D eigenvalue weighted by atomic mass is 79.9. The molecule has 0 saturated carbocycles. The molecule has 0 aliphatic rings. The van der Waals surface area contributed by atoms with Crippen molar-refractivity contribution in [3.8, 4) is 0 Å². The van der Waals surface area contributed by atoms with Crippen molar-refractivity contribution in [3.05, 3.63) is 46.2 Å². The van der Waals surface area contributed by atoms with Gasteiger partial charge in [0.15, 0.2) is 0 Å². The molecule has 0 aromatic heterocycles. The Hall–Kier alpha value is -0.670. The van der Waals surface area contributed by atoms with E-state index in [4.69, 9.17) is 0 Å². The molecule has 1 atom stereocenters. The lowest BCUT2D eigenvalue weighted by Gasteiger charge is -2.14. The Morgan fingerprint density at radius 3 is 2.80 bits per heavy atom. The third-order valence-corrected chi connectivity index (χ3v) is 2.76. The molecule has 1 rings (SSSR count). The zero-order chi connectivity index (χ0) is 11.4. The summed E-state index contributed by atoms with van der Waals surface area (Å²) in [6.45, 7) is 8.61. The first kappa shape index (κ1) is 12.4. The van der Waals surface area contributed by atoms with E-state index in [1.54, 1.807) is 12.1 Å². The maximum Gasteiger partial charge on any atom is 0.137 e. The lowest BCUT2D eigenvalue weighted by Crippen LogP contribution is -2.20. The first-order valence-corrected chi connectivity index (χ1v) is 5.62. The van der Waals surface area contributed by atoms with Crippen LogP contribution < -0.4 is 5.32 Å². The van der Waals surface area contributed by atoms with E-state index in [2.05, 4.69) is 27.8 Å². The van der Waals surface area contributed by atoms with Crippen LogP contribution >= 0.6 is 15.9 Å². The SMILES string of the molecule is C=C(C)CNC(C)c1ccc(F)c(Br)c1. The van der Waals surface area contributed by atoms with E-state index >= 15 is 0 Å². The molecule has 0 spiro atoms. The molecule has 0 aliphatic carbocycles. The van der Waals surface area contributed by atoms with Crippen molar-refractivity contribution in [1.29, 1.82) is 0 Å². The van der Waals surface area contributed by atoms with E-state index in [-0.39, 0.29) is 11.9 Å². The smallest absolute Gasteiger partial charge is 0.137 e. The zero-order valence-electron chi connectivity index (χ0n) is 8.98. The van der Waals surface area contributed by atoms with Crippen LogP contribution in [0.1, 0.15) is 25.5 Å². The minimum Gasteiger partial charge on any atom is -0.306 e. The Kier molecular flexibility index (Phi) is 4.48. The molecule has 0 radical (unpaired) electrons. The Balaban J connectivity index is 2.69. The molecule has 15 heavy (non-hydrogen) atoms. The van der Waals surface area contributed by atoms with Crippen LogP contribution in [0.4, 0.5) is 4.39 Å². The van der Waals surface area contributed by atoms with Gasteiger partial charge in [-0.25, -0.2) is 4.39 Å². The topological polar surface area (TPSA) is 12.0 Å². The monoisotopic (exact) mass is 271 g/mol. The molecule has 1 aromatic carbocycles. The van der Waals surface area contributed by atoms with Crippen molar-refractivity contribution >= 4 is 15.9 Å². The Morgan fingerprint density at radius 2 is 2.27 bits per heavy atom. The number of hydrogen-bond acceptors (Lipinski definition) is 1. The first-order valence-electron chi connectivity index (χ1n) is 4.83. The molecule has 0 heterocycles. The van der Waals surface area contributed by atoms with E-state index in [0.717, 1.165) is 17.7 Å². The fraction of sp³-hybridized carbons (Fsp3) is 0.333. The van der Waals surface area contributed by atoms with Crippen LogP contribution in [0.5, 0.6) is 0 Å². The lowest BCUT2D eigenvalue weighted by molar-refractivity contribution is 0.596. The van der Waals surface area contributed by atoms with Gasteiger partial charge in [-0.15, -0.1) is 0 Å². The number of benzene rings is 1. The third-order valence-electron chi connectivity index (χ3n) is 2.15. The minimum absolute atomic E-state index is 0.193. The second kappa shape index (κ2) is 5.42. The van der Waals surface area contributed by atoms with Crippen molar-refractivity contribution in [1.82, 2.24) is 5.32 Å². The van der Waals surface area contributed by atoms with Crippen molar-refractivity contribution in [2.24, 2.45) is 0 Å². The number of nitrogens with one attached hydrogen (secondary N) is 1. The molecular weight excluding hydrogens is 257 g/mol. The Bertz CT molecular complexity index is 363. The molecular formula is C12H15BrFN. The summed E-state index contributed by atoms with van der Waals surface area (Å²) in [5.74, 6) is -0.231. The molecule has 1 nitrogen and oxygen atoms in total. The summed E-state index contributed by atoms with van der Waals surface area (Å²) < 4.78 is 13.5. The summed E-state index contributed by atoms with van der Waals surface area (Å²) >= 11 is 3.17. The summed E-state index contributed by atoms with van der Waals surface area (Å²) in [7, 11) is 0. The highest BCUT2D eigenvalue weighted by Crippen LogP contribution is 2.21. The van der Waals surface area contributed by atoms with Gasteiger partial charge in [-0.05, 0) is 47.5 Å². The average Bonchev–Trinajstić information content (AvgIpc) is 2.18. The molecule has 1 unspecified atom stereocenters. The van der Waals surface area contributed by atoms with Crippen LogP contribution in [-0.2, 0) is 0 Å². The van der Waals surface area contributed by atoms with Crippen molar-refractivity contribution < 1.29 is 4.39 Å². The van der Waals surface area contributed by atoms with Gasteiger partial charge in [0.25, 0.3) is 0 Å². The average molecular weight is 272 g/mol. The summed E-state index contributed by atoms with van der Waals surface area (Å²) in [6, 6.07) is 5.25. The van der Waals surface area contributed by atoms with Crippen LogP contribution in [0.25, 0.3) is 0 Å². The predicted molar refractivity (Wildman–Crippen MR) is 65.3 cm³/mol. The molecule has 1 N–H and O–H groups in total. The van der Waals surface area contributed by atoms with E-state index in [1.807, 2.05) is 13.8 Å². The highest BCUT2D eigenvalue weighted by molar-refractivity contribution is 9.10. The van der Waals surface area contributed by atoms with Crippen molar-refractivity contribution in [2.45, 2.75) is 19.9 Å². The molecule has 82 valence electrons. The molecule has 0 fully saturated rings. The van der Waals surface area contributed by atoms with Gasteiger partial charge in [0.05, 0.1) is 4.47 Å². The summed E-state index contributed by atoms with van der Waals surface area (Å²) in [6.07, 6.45) is 0. The third kappa shape index (κ3) is 3.76. The van der Waals surface area contributed by atoms with Gasteiger partial charge in [-0.3, -0.25) is 0 Å². The van der Waals surface area contributed by atoms with E-state index in [9.17, 15) is 4.39 Å². The van der Waals surface area contributed by atoms with Crippen molar-refractivity contribution in [3.63, 3.8) is 0 Å². The van der Waals surface area contributed by atoms with Gasteiger partial charge in [-0.1, -0.05) is 18.2 Å². The number of rotatable bonds is 4. The molecule has 3 heteroatoms. The van der Waals surface area contributed by atoms with Crippen LogP contribution in [0.3, 0.4) is 0 Å². The van der Waals surface area contributed by atoms with Crippen LogP contribution in [0.15, 0.2) is 34.8 Å². The van der Waals surface area contributed by atoms with Crippen LogP contribution in [0, 0.1) is 5.82 Å². The van der Waals surface area contributed by atoms with E-state index in [1.165, 1.54) is 6.07 Å². The van der Waals surface area contributed by atoms with Gasteiger partial charge >= 0.3 is 0 Å². The second-order valence-corrected chi connectivity index (χ2v) is 4.59. The summed E-state index contributed by atoms with van der Waals surface area (Å²) in [4.78, 5) is 0. The molecule has 0 bridgehead atoms. The van der Waals surface area contributed by atoms with Gasteiger partial charge < -0.3 is 5.32 Å². The lowest BCUT2D eigenvalue weighted by atomic mass is 10.1. The van der Waals surface area contributed by atoms with Gasteiger partial charge in [0.1, 0.15) is 5.82 Å². The van der Waals surface area contributed by atoms with Gasteiger partial charge in [-0.2, -0.15) is 0 Å². The van der Waals surface area contributed by atoms with Gasteiger partial charge in [0, 0.05) is 12.6 Å². The summed E-state index contributed by atoms with van der Waals surface area (Å²) in [5, 5.41) is 3.30. The minimum atomic E-state index is -0.231. The second-order valence-electron chi connectivity index (χ2n) is 3.73. The molecule has 0 amide bonds. The molecule has 0 aliphatic heterocycles. The highest BCUT2D eigenvalue weighted by Gasteiger charge is 2.07. The zero-order valence-corrected chi connectivity index (χ0v) is 10.6. The first-order chi connectivity index (χ1) is 7.00. The maximum absolute atomic E-state index is 13.0. The fourth-order valence-corrected chi connectivity index (χ4v) is 1.62. The summed E-state index contributed by atoms with van der Waals surface area (Å²) in [5.41, 5.74) is 2.15. The predicted octanol–water partition coefficient (Wildman–Crippen LogP) is 3.81. The standard InChI is InChI=1S/C12H15BrFN/c1-8(2)7-15-9(3)10-4-5-12(14)11(13)6-10/h4-6,9,15H,1,7H2,2-3H3. The maximum atomic E-state index is 13.0. The largest absolute Gasteiger partial charge is 0.306 e. The van der Waals surface area contributed by atoms with Crippen LogP contribution in [0.2, 0.25) is 0 Å². The number of hydrogen-bond donors (Lipinski definition) is 1.